The molecule has 0 spiro atoms. The Labute approximate surface area is 163 Å². The molecule has 2 aromatic carbocycles. The predicted molar refractivity (Wildman–Crippen MR) is 102 cm³/mol. The van der Waals surface area contributed by atoms with Gasteiger partial charge in [-0.15, -0.1) is 0 Å². The smallest absolute Gasteiger partial charge is 0.342 e. The summed E-state index contributed by atoms with van der Waals surface area (Å²) < 4.78 is 31.4. The van der Waals surface area contributed by atoms with Gasteiger partial charge in [0, 0.05) is 18.7 Å². The van der Waals surface area contributed by atoms with Gasteiger partial charge >= 0.3 is 5.97 Å². The van der Waals surface area contributed by atoms with Gasteiger partial charge in [0.2, 0.25) is 10.0 Å². The van der Waals surface area contributed by atoms with Crippen LogP contribution < -0.4 is 0 Å². The Morgan fingerprint density at radius 1 is 1.07 bits per heavy atom. The average Bonchev–Trinajstić information content (AvgIpc) is 3.23. The summed E-state index contributed by atoms with van der Waals surface area (Å²) in [5.74, 6) is -1.49. The van der Waals surface area contributed by atoms with Gasteiger partial charge in [0.15, 0.2) is 12.4 Å². The molecule has 148 valence electrons. The number of Topliss-reactive ketones (excluding diaryl/α,β-unsaturated/α-hetero) is 1. The number of phenols is 1. The normalized spacial score (nSPS) is 14.8. The number of carbonyl (C=O) groups is 2. The minimum Gasteiger partial charge on any atom is -0.507 e. The van der Waals surface area contributed by atoms with Gasteiger partial charge in [-0.2, -0.15) is 4.31 Å². The second kappa shape index (κ2) is 8.12. The fourth-order valence-corrected chi connectivity index (χ4v) is 4.51. The summed E-state index contributed by atoms with van der Waals surface area (Å²) in [6, 6.07) is 10.1. The van der Waals surface area contributed by atoms with Crippen molar-refractivity contribution in [3.63, 3.8) is 0 Å². The first kappa shape index (κ1) is 20.0. The van der Waals surface area contributed by atoms with Gasteiger partial charge < -0.3 is 9.84 Å². The molecule has 0 radical (unpaired) electrons. The maximum Gasteiger partial charge on any atom is 0.342 e. The highest BCUT2D eigenvalue weighted by Gasteiger charge is 2.27. The van der Waals surface area contributed by atoms with Crippen LogP contribution in [0.5, 0.6) is 5.75 Å². The first-order chi connectivity index (χ1) is 13.3. The number of hydrogen-bond acceptors (Lipinski definition) is 6. The third-order valence-corrected chi connectivity index (χ3v) is 6.50. The number of carbonyl (C=O) groups excluding carboxylic acids is 2. The molecule has 1 heterocycles. The third-order valence-electron chi connectivity index (χ3n) is 4.59. The zero-order valence-electron chi connectivity index (χ0n) is 15.4. The van der Waals surface area contributed by atoms with Gasteiger partial charge in [-0.1, -0.05) is 11.6 Å². The van der Waals surface area contributed by atoms with E-state index in [1.807, 2.05) is 0 Å². The minimum absolute atomic E-state index is 0.0140. The molecule has 0 aliphatic carbocycles. The monoisotopic (exact) mass is 403 g/mol. The van der Waals surface area contributed by atoms with E-state index in [-0.39, 0.29) is 21.8 Å². The zero-order valence-corrected chi connectivity index (χ0v) is 16.2. The van der Waals surface area contributed by atoms with Crippen molar-refractivity contribution in [2.24, 2.45) is 0 Å². The lowest BCUT2D eigenvalue weighted by Crippen LogP contribution is -2.27. The molecule has 8 heteroatoms. The minimum atomic E-state index is -3.54. The number of ether oxygens (including phenoxy) is 1. The number of rotatable bonds is 6. The molecule has 0 unspecified atom stereocenters. The summed E-state index contributed by atoms with van der Waals surface area (Å²) in [6.07, 6.45) is 1.69. The molecule has 0 atom stereocenters. The van der Waals surface area contributed by atoms with Crippen molar-refractivity contribution in [1.29, 1.82) is 0 Å². The van der Waals surface area contributed by atoms with Crippen LogP contribution in [0.1, 0.15) is 39.1 Å². The molecule has 7 nitrogen and oxygen atoms in total. The fourth-order valence-electron chi connectivity index (χ4n) is 3.00. The van der Waals surface area contributed by atoms with Gasteiger partial charge in [-0.25, -0.2) is 13.2 Å². The van der Waals surface area contributed by atoms with E-state index < -0.39 is 28.4 Å². The number of sulfonamides is 1. The van der Waals surface area contributed by atoms with Crippen molar-refractivity contribution < 1.29 is 27.9 Å². The van der Waals surface area contributed by atoms with Gasteiger partial charge in [-0.05, 0) is 56.2 Å². The largest absolute Gasteiger partial charge is 0.507 e. The Kier molecular flexibility index (Phi) is 5.81. The molecule has 1 aliphatic rings. The van der Waals surface area contributed by atoms with Crippen LogP contribution >= 0.6 is 0 Å². The molecule has 2 aromatic rings. The maximum absolute atomic E-state index is 12.5. The molecule has 0 amide bonds. The number of nitrogens with zero attached hydrogens (tertiary/aromatic N) is 1. The number of benzene rings is 2. The molecule has 0 aromatic heterocycles. The predicted octanol–water partition coefficient (Wildman–Crippen LogP) is 2.52. The van der Waals surface area contributed by atoms with E-state index in [4.69, 9.17) is 4.74 Å². The summed E-state index contributed by atoms with van der Waals surface area (Å²) in [6.45, 7) is 2.26. The van der Waals surface area contributed by atoms with Crippen molar-refractivity contribution in [2.45, 2.75) is 24.7 Å². The summed E-state index contributed by atoms with van der Waals surface area (Å²) in [5, 5.41) is 9.74. The van der Waals surface area contributed by atoms with E-state index in [1.165, 1.54) is 40.7 Å². The molecule has 1 saturated heterocycles. The Morgan fingerprint density at radius 3 is 2.36 bits per heavy atom. The van der Waals surface area contributed by atoms with Crippen molar-refractivity contribution in [2.75, 3.05) is 19.7 Å². The molecular formula is C20H21NO6S. The maximum atomic E-state index is 12.5. The lowest BCUT2D eigenvalue weighted by Gasteiger charge is -2.15. The van der Waals surface area contributed by atoms with E-state index in [0.29, 0.717) is 13.1 Å². The van der Waals surface area contributed by atoms with E-state index in [2.05, 4.69) is 0 Å². The first-order valence-corrected chi connectivity index (χ1v) is 10.3. The highest BCUT2D eigenvalue weighted by Crippen LogP contribution is 2.22. The van der Waals surface area contributed by atoms with Crippen molar-refractivity contribution in [3.8, 4) is 5.75 Å². The van der Waals surface area contributed by atoms with E-state index in [0.717, 1.165) is 18.4 Å². The van der Waals surface area contributed by atoms with Crippen molar-refractivity contribution in [1.82, 2.24) is 4.31 Å². The van der Waals surface area contributed by atoms with Crippen LogP contribution in [0.3, 0.4) is 0 Å². The Hall–Kier alpha value is -2.71. The van der Waals surface area contributed by atoms with Crippen LogP contribution in [-0.2, 0) is 14.8 Å². The number of aromatic hydroxyl groups is 1. The number of hydrogen-bond donors (Lipinski definition) is 1. The second-order valence-electron chi connectivity index (χ2n) is 6.66. The van der Waals surface area contributed by atoms with Gasteiger partial charge in [0.1, 0.15) is 11.3 Å². The molecule has 3 rings (SSSR count). The van der Waals surface area contributed by atoms with E-state index >= 15 is 0 Å². The van der Waals surface area contributed by atoms with Crippen LogP contribution in [-0.4, -0.2) is 49.3 Å². The molecule has 0 bridgehead atoms. The number of phenolic OH excluding ortho intramolecular Hbond substituents is 1. The quantitative estimate of drug-likeness (QED) is 0.588. The summed E-state index contributed by atoms with van der Waals surface area (Å²) in [7, 11) is -3.54. The molecule has 28 heavy (non-hydrogen) atoms. The summed E-state index contributed by atoms with van der Waals surface area (Å²) in [5.41, 5.74) is 0.993. The van der Waals surface area contributed by atoms with Crippen molar-refractivity contribution >= 4 is 21.8 Å². The highest BCUT2D eigenvalue weighted by atomic mass is 32.2. The second-order valence-corrected chi connectivity index (χ2v) is 8.59. The molecule has 0 saturated carbocycles. The Bertz CT molecular complexity index is 992. The number of esters is 1. The van der Waals surface area contributed by atoms with Crippen LogP contribution in [0.4, 0.5) is 0 Å². The lowest BCUT2D eigenvalue weighted by atomic mass is 10.1. The SMILES string of the molecule is Cc1ccc(O)c(C(=O)OCC(=O)c2ccc(S(=O)(=O)N3CCCC3)cc2)c1. The first-order valence-electron chi connectivity index (χ1n) is 8.89. The standard InChI is InChI=1S/C20H21NO6S/c1-14-4-9-18(22)17(12-14)20(24)27-13-19(23)15-5-7-16(8-6-15)28(25,26)21-10-2-3-11-21/h4-9,12,22H,2-3,10-11,13H2,1H3. The molecule has 1 N–H and O–H groups in total. The lowest BCUT2D eigenvalue weighted by molar-refractivity contribution is 0.0471. The number of aryl methyl sites for hydroxylation is 1. The molecule has 1 aliphatic heterocycles. The number of ketones is 1. The van der Waals surface area contributed by atoms with Crippen LogP contribution in [0.25, 0.3) is 0 Å². The summed E-state index contributed by atoms with van der Waals surface area (Å²) >= 11 is 0. The molecular weight excluding hydrogens is 382 g/mol. The Morgan fingerprint density at radius 2 is 1.71 bits per heavy atom. The average molecular weight is 403 g/mol. The van der Waals surface area contributed by atoms with Gasteiger partial charge in [0.25, 0.3) is 0 Å². The van der Waals surface area contributed by atoms with Gasteiger partial charge in [0.05, 0.1) is 4.90 Å². The van der Waals surface area contributed by atoms with Crippen molar-refractivity contribution in [3.05, 3.63) is 59.2 Å². The Balaban J connectivity index is 1.65. The van der Waals surface area contributed by atoms with E-state index in [9.17, 15) is 23.1 Å². The topological polar surface area (TPSA) is 101 Å². The highest BCUT2D eigenvalue weighted by molar-refractivity contribution is 7.89. The third kappa shape index (κ3) is 4.23. The van der Waals surface area contributed by atoms with E-state index in [1.54, 1.807) is 13.0 Å². The summed E-state index contributed by atoms with van der Waals surface area (Å²) in [4.78, 5) is 24.4. The van der Waals surface area contributed by atoms with Gasteiger partial charge in [-0.3, -0.25) is 4.79 Å². The van der Waals surface area contributed by atoms with Crippen LogP contribution in [0.2, 0.25) is 0 Å². The van der Waals surface area contributed by atoms with Crippen LogP contribution in [0, 0.1) is 6.92 Å². The van der Waals surface area contributed by atoms with Crippen LogP contribution in [0.15, 0.2) is 47.4 Å². The molecule has 1 fully saturated rings. The fraction of sp³-hybridized carbons (Fsp3) is 0.300. The zero-order chi connectivity index (χ0) is 20.3.